The van der Waals surface area contributed by atoms with E-state index in [1.807, 2.05) is 0 Å². The number of hydrogen-bond acceptors (Lipinski definition) is 0. The third kappa shape index (κ3) is 3.67. The van der Waals surface area contributed by atoms with E-state index in [4.69, 9.17) is 0 Å². The lowest BCUT2D eigenvalue weighted by molar-refractivity contribution is 1.56. The molecule has 0 spiro atoms. The molecule has 0 radical (unpaired) electrons. The molecule has 0 N–H and O–H groups in total. The number of benzene rings is 4. The van der Waals surface area contributed by atoms with Crippen molar-refractivity contribution >= 4 is 22.6 Å². The molecule has 0 nitrogen and oxygen atoms in total. The van der Waals surface area contributed by atoms with Crippen molar-refractivity contribution in [1.29, 1.82) is 0 Å². The Balaban J connectivity index is 1.67. The van der Waals surface area contributed by atoms with Gasteiger partial charge in [0.15, 0.2) is 0 Å². The molecule has 0 bridgehead atoms. The SMILES string of the molecule is Ic1cccc(-c2ccc(-c3cccc(-c4ccccc4)c3)cc2)c1. The fourth-order valence-corrected chi connectivity index (χ4v) is 3.58. The van der Waals surface area contributed by atoms with E-state index >= 15 is 0 Å². The molecule has 0 saturated carbocycles. The average molecular weight is 432 g/mol. The van der Waals surface area contributed by atoms with E-state index in [1.165, 1.54) is 37.0 Å². The van der Waals surface area contributed by atoms with Gasteiger partial charge in [-0.2, -0.15) is 0 Å². The van der Waals surface area contributed by atoms with Gasteiger partial charge in [0.25, 0.3) is 0 Å². The average Bonchev–Trinajstić information content (AvgIpc) is 2.69. The van der Waals surface area contributed by atoms with Crippen LogP contribution >= 0.6 is 22.6 Å². The highest BCUT2D eigenvalue weighted by molar-refractivity contribution is 14.1. The molecule has 25 heavy (non-hydrogen) atoms. The molecule has 4 aromatic carbocycles. The van der Waals surface area contributed by atoms with Gasteiger partial charge in [0.1, 0.15) is 0 Å². The first kappa shape index (κ1) is 16.1. The van der Waals surface area contributed by atoms with Gasteiger partial charge in [0.05, 0.1) is 0 Å². The minimum atomic E-state index is 1.24. The third-order valence-electron chi connectivity index (χ3n) is 4.35. The summed E-state index contributed by atoms with van der Waals surface area (Å²) in [4.78, 5) is 0. The summed E-state index contributed by atoms with van der Waals surface area (Å²) < 4.78 is 1.26. The third-order valence-corrected chi connectivity index (χ3v) is 5.02. The molecular formula is C24H17I. The quantitative estimate of drug-likeness (QED) is 0.298. The second-order valence-electron chi connectivity index (χ2n) is 6.03. The van der Waals surface area contributed by atoms with Crippen molar-refractivity contribution in [2.24, 2.45) is 0 Å². The van der Waals surface area contributed by atoms with Gasteiger partial charge in [-0.05, 0) is 74.2 Å². The van der Waals surface area contributed by atoms with E-state index in [9.17, 15) is 0 Å². The highest BCUT2D eigenvalue weighted by atomic mass is 127. The minimum absolute atomic E-state index is 1.24. The highest BCUT2D eigenvalue weighted by Crippen LogP contribution is 2.28. The molecule has 0 heterocycles. The predicted octanol–water partition coefficient (Wildman–Crippen LogP) is 7.29. The molecule has 4 rings (SSSR count). The van der Waals surface area contributed by atoms with Gasteiger partial charge in [-0.25, -0.2) is 0 Å². The van der Waals surface area contributed by atoms with Crippen LogP contribution in [0.15, 0.2) is 103 Å². The van der Waals surface area contributed by atoms with Crippen LogP contribution in [0.3, 0.4) is 0 Å². The molecule has 120 valence electrons. The molecule has 0 aromatic heterocycles. The Morgan fingerprint density at radius 3 is 1.36 bits per heavy atom. The summed E-state index contributed by atoms with van der Waals surface area (Å²) in [5.41, 5.74) is 7.50. The van der Waals surface area contributed by atoms with Crippen molar-refractivity contribution in [3.63, 3.8) is 0 Å². The molecule has 0 atom stereocenters. The van der Waals surface area contributed by atoms with Crippen molar-refractivity contribution in [2.45, 2.75) is 0 Å². The smallest absolute Gasteiger partial charge is 0.0136 e. The molecule has 0 amide bonds. The van der Waals surface area contributed by atoms with Crippen LogP contribution in [0.25, 0.3) is 33.4 Å². The Morgan fingerprint density at radius 2 is 0.800 bits per heavy atom. The molecule has 0 aliphatic heterocycles. The van der Waals surface area contributed by atoms with Crippen LogP contribution in [0.1, 0.15) is 0 Å². The van der Waals surface area contributed by atoms with Gasteiger partial charge in [0.2, 0.25) is 0 Å². The topological polar surface area (TPSA) is 0 Å². The van der Waals surface area contributed by atoms with Crippen molar-refractivity contribution in [2.75, 3.05) is 0 Å². The summed E-state index contributed by atoms with van der Waals surface area (Å²) in [5, 5.41) is 0. The van der Waals surface area contributed by atoms with Crippen LogP contribution in [0.4, 0.5) is 0 Å². The maximum atomic E-state index is 2.36. The molecule has 4 aromatic rings. The monoisotopic (exact) mass is 432 g/mol. The maximum Gasteiger partial charge on any atom is 0.0136 e. The van der Waals surface area contributed by atoms with Crippen molar-refractivity contribution in [3.8, 4) is 33.4 Å². The highest BCUT2D eigenvalue weighted by Gasteiger charge is 2.03. The molecular weight excluding hydrogens is 415 g/mol. The lowest BCUT2D eigenvalue weighted by atomic mass is 9.97. The largest absolute Gasteiger partial charge is 0.0622 e. The Labute approximate surface area is 162 Å². The summed E-state index contributed by atoms with van der Waals surface area (Å²) in [6.45, 7) is 0. The predicted molar refractivity (Wildman–Crippen MR) is 115 cm³/mol. The van der Waals surface area contributed by atoms with E-state index in [-0.39, 0.29) is 0 Å². The van der Waals surface area contributed by atoms with Gasteiger partial charge in [-0.15, -0.1) is 0 Å². The van der Waals surface area contributed by atoms with Crippen LogP contribution < -0.4 is 0 Å². The summed E-state index contributed by atoms with van der Waals surface area (Å²) >= 11 is 2.36. The van der Waals surface area contributed by atoms with Crippen LogP contribution in [0, 0.1) is 3.57 Å². The zero-order valence-electron chi connectivity index (χ0n) is 13.7. The zero-order chi connectivity index (χ0) is 17.1. The van der Waals surface area contributed by atoms with Gasteiger partial charge in [-0.1, -0.05) is 84.9 Å². The second kappa shape index (κ2) is 7.24. The summed E-state index contributed by atoms with van der Waals surface area (Å²) in [7, 11) is 0. The summed E-state index contributed by atoms with van der Waals surface area (Å²) in [6.07, 6.45) is 0. The van der Waals surface area contributed by atoms with Gasteiger partial charge in [-0.3, -0.25) is 0 Å². The molecule has 0 saturated heterocycles. The molecule has 0 aliphatic carbocycles. The van der Waals surface area contributed by atoms with Gasteiger partial charge in [0, 0.05) is 3.57 Å². The summed E-state index contributed by atoms with van der Waals surface area (Å²) in [6, 6.07) is 36.7. The van der Waals surface area contributed by atoms with Gasteiger partial charge >= 0.3 is 0 Å². The van der Waals surface area contributed by atoms with Crippen molar-refractivity contribution < 1.29 is 0 Å². The van der Waals surface area contributed by atoms with E-state index in [0.717, 1.165) is 0 Å². The molecule has 0 fully saturated rings. The first-order valence-electron chi connectivity index (χ1n) is 8.31. The standard InChI is InChI=1S/C24H17I/c25-24-11-5-10-23(17-24)20-14-12-19(13-15-20)22-9-4-8-21(16-22)18-6-2-1-3-7-18/h1-17H. The Hall–Kier alpha value is -2.39. The van der Waals surface area contributed by atoms with Crippen molar-refractivity contribution in [3.05, 3.63) is 107 Å². The molecule has 1 heteroatoms. The Kier molecular flexibility index (Phi) is 4.66. The summed E-state index contributed by atoms with van der Waals surface area (Å²) in [5.74, 6) is 0. The first-order valence-corrected chi connectivity index (χ1v) is 9.39. The zero-order valence-corrected chi connectivity index (χ0v) is 15.9. The number of rotatable bonds is 3. The second-order valence-corrected chi connectivity index (χ2v) is 7.28. The van der Waals surface area contributed by atoms with E-state index < -0.39 is 0 Å². The van der Waals surface area contributed by atoms with E-state index in [2.05, 4.69) is 126 Å². The fraction of sp³-hybridized carbons (Fsp3) is 0. The lowest BCUT2D eigenvalue weighted by Crippen LogP contribution is -1.83. The number of halogens is 1. The first-order chi connectivity index (χ1) is 12.3. The fourth-order valence-electron chi connectivity index (χ4n) is 3.03. The molecule has 0 unspecified atom stereocenters. The number of hydrogen-bond donors (Lipinski definition) is 0. The van der Waals surface area contributed by atoms with Gasteiger partial charge < -0.3 is 0 Å². The van der Waals surface area contributed by atoms with Crippen LogP contribution in [-0.2, 0) is 0 Å². The van der Waals surface area contributed by atoms with Crippen LogP contribution in [0.2, 0.25) is 0 Å². The molecule has 0 aliphatic rings. The Bertz CT molecular complexity index is 986. The van der Waals surface area contributed by atoms with Crippen LogP contribution in [0.5, 0.6) is 0 Å². The van der Waals surface area contributed by atoms with Crippen LogP contribution in [-0.4, -0.2) is 0 Å². The minimum Gasteiger partial charge on any atom is -0.0622 e. The normalized spacial score (nSPS) is 10.6. The Morgan fingerprint density at radius 1 is 0.360 bits per heavy atom. The van der Waals surface area contributed by atoms with Crippen molar-refractivity contribution in [1.82, 2.24) is 0 Å². The van der Waals surface area contributed by atoms with E-state index in [1.54, 1.807) is 0 Å². The maximum absolute atomic E-state index is 2.36. The lowest BCUT2D eigenvalue weighted by Gasteiger charge is -2.08. The van der Waals surface area contributed by atoms with E-state index in [0.29, 0.717) is 0 Å².